The maximum Gasteiger partial charge on any atom is 0.317 e. The van der Waals surface area contributed by atoms with Gasteiger partial charge in [-0.2, -0.15) is 0 Å². The van der Waals surface area contributed by atoms with Crippen molar-refractivity contribution in [2.45, 2.75) is 32.3 Å². The van der Waals surface area contributed by atoms with Crippen LogP contribution >= 0.6 is 11.6 Å². The summed E-state index contributed by atoms with van der Waals surface area (Å²) in [5, 5.41) is 12.6. The lowest BCUT2D eigenvalue weighted by Gasteiger charge is -2.31. The molecule has 0 saturated carbocycles. The number of rotatable bonds is 6. The van der Waals surface area contributed by atoms with Crippen LogP contribution in [0.2, 0.25) is 5.02 Å². The first-order chi connectivity index (χ1) is 11.1. The van der Waals surface area contributed by atoms with Crippen LogP contribution in [-0.2, 0) is 0 Å². The predicted octanol–water partition coefficient (Wildman–Crippen LogP) is 2.91. The summed E-state index contributed by atoms with van der Waals surface area (Å²) in [6, 6.07) is 7.27. The number of carbonyl (C=O) groups is 1. The summed E-state index contributed by atoms with van der Waals surface area (Å²) in [4.78, 5) is 14.0. The van der Waals surface area contributed by atoms with E-state index in [2.05, 4.69) is 5.32 Å². The van der Waals surface area contributed by atoms with E-state index in [9.17, 15) is 4.79 Å². The average Bonchev–Trinajstić information content (AvgIpc) is 2.60. The van der Waals surface area contributed by atoms with Crippen molar-refractivity contribution in [3.05, 3.63) is 29.3 Å². The van der Waals surface area contributed by atoms with Gasteiger partial charge in [0.1, 0.15) is 11.9 Å². The third kappa shape index (κ3) is 5.29. The highest BCUT2D eigenvalue weighted by molar-refractivity contribution is 6.32. The van der Waals surface area contributed by atoms with Gasteiger partial charge in [-0.1, -0.05) is 30.7 Å². The Bertz CT molecular complexity index is 504. The molecule has 1 heterocycles. The van der Waals surface area contributed by atoms with Gasteiger partial charge in [0.2, 0.25) is 0 Å². The number of hydrogen-bond acceptors (Lipinski definition) is 3. The molecule has 5 nitrogen and oxygen atoms in total. The number of amides is 2. The van der Waals surface area contributed by atoms with Crippen LogP contribution in [0.25, 0.3) is 0 Å². The molecular weight excluding hydrogens is 316 g/mol. The number of likely N-dealkylation sites (tertiary alicyclic amines) is 1. The summed E-state index contributed by atoms with van der Waals surface area (Å²) in [5.41, 5.74) is 0. The van der Waals surface area contributed by atoms with Crippen molar-refractivity contribution < 1.29 is 14.6 Å². The van der Waals surface area contributed by atoms with Crippen LogP contribution in [0.3, 0.4) is 0 Å². The Labute approximate surface area is 142 Å². The molecule has 23 heavy (non-hydrogen) atoms. The van der Waals surface area contributed by atoms with Crippen molar-refractivity contribution >= 4 is 17.6 Å². The van der Waals surface area contributed by atoms with E-state index in [1.807, 2.05) is 25.1 Å². The minimum Gasteiger partial charge on any atom is -0.487 e. The average molecular weight is 341 g/mol. The first kappa shape index (κ1) is 17.9. The highest BCUT2D eigenvalue weighted by atomic mass is 35.5. The zero-order valence-corrected chi connectivity index (χ0v) is 14.3. The Morgan fingerprint density at radius 1 is 1.43 bits per heavy atom. The number of halogens is 1. The standard InChI is InChI=1S/C17H25ClN2O3/c1-2-14(23-16-6-4-3-5-15(16)18)11-19-17(22)20-9-7-13(12-21)8-10-20/h3-6,13-14,21H,2,7-12H2,1H3,(H,19,22)/t14-/m0/s1. The normalized spacial score (nSPS) is 16.9. The van der Waals surface area contributed by atoms with Crippen LogP contribution in [0.5, 0.6) is 5.75 Å². The molecule has 1 aliphatic rings. The summed E-state index contributed by atoms with van der Waals surface area (Å²) in [7, 11) is 0. The zero-order chi connectivity index (χ0) is 16.7. The Balaban J connectivity index is 1.79. The number of aliphatic hydroxyl groups excluding tert-OH is 1. The highest BCUT2D eigenvalue weighted by Crippen LogP contribution is 2.24. The van der Waals surface area contributed by atoms with E-state index in [-0.39, 0.29) is 18.7 Å². The number of ether oxygens (including phenoxy) is 1. The Kier molecular flexibility index (Phi) is 6.99. The molecule has 2 amide bonds. The molecule has 1 saturated heterocycles. The Morgan fingerprint density at radius 3 is 2.74 bits per heavy atom. The van der Waals surface area contributed by atoms with Gasteiger partial charge in [-0.05, 0) is 37.3 Å². The number of benzene rings is 1. The van der Waals surface area contributed by atoms with E-state index >= 15 is 0 Å². The number of nitrogens with one attached hydrogen (secondary N) is 1. The van der Waals surface area contributed by atoms with Crippen LogP contribution < -0.4 is 10.1 Å². The lowest BCUT2D eigenvalue weighted by atomic mass is 9.98. The molecule has 1 aliphatic heterocycles. The molecule has 0 radical (unpaired) electrons. The third-order valence-electron chi connectivity index (χ3n) is 4.23. The van der Waals surface area contributed by atoms with E-state index < -0.39 is 0 Å². The summed E-state index contributed by atoms with van der Waals surface area (Å²) in [6.07, 6.45) is 2.38. The van der Waals surface area contributed by atoms with Gasteiger partial charge < -0.3 is 20.1 Å². The van der Waals surface area contributed by atoms with Crippen LogP contribution in [0.1, 0.15) is 26.2 Å². The number of hydrogen-bond donors (Lipinski definition) is 2. The summed E-state index contributed by atoms with van der Waals surface area (Å²) in [5.74, 6) is 0.963. The molecule has 0 aromatic heterocycles. The molecule has 0 unspecified atom stereocenters. The van der Waals surface area contributed by atoms with Gasteiger partial charge in [0.15, 0.2) is 0 Å². The van der Waals surface area contributed by atoms with Gasteiger partial charge in [-0.15, -0.1) is 0 Å². The van der Waals surface area contributed by atoms with Crippen molar-refractivity contribution in [3.63, 3.8) is 0 Å². The van der Waals surface area contributed by atoms with Crippen LogP contribution in [0.15, 0.2) is 24.3 Å². The molecular formula is C17H25ClN2O3. The topological polar surface area (TPSA) is 61.8 Å². The molecule has 0 bridgehead atoms. The second-order valence-electron chi connectivity index (χ2n) is 5.88. The quantitative estimate of drug-likeness (QED) is 0.837. The SMILES string of the molecule is CC[C@@H](CNC(=O)N1CCC(CO)CC1)Oc1ccccc1Cl. The summed E-state index contributed by atoms with van der Waals surface area (Å²) in [6.45, 7) is 4.05. The maximum atomic E-state index is 12.2. The van der Waals surface area contributed by atoms with Crippen molar-refractivity contribution in [3.8, 4) is 5.75 Å². The second-order valence-corrected chi connectivity index (χ2v) is 6.28. The smallest absolute Gasteiger partial charge is 0.317 e. The molecule has 1 fully saturated rings. The molecule has 1 aromatic carbocycles. The van der Waals surface area contributed by atoms with Crippen LogP contribution in [-0.4, -0.2) is 48.4 Å². The van der Waals surface area contributed by atoms with Crippen molar-refractivity contribution in [1.82, 2.24) is 10.2 Å². The summed E-state index contributed by atoms with van der Waals surface area (Å²) >= 11 is 6.10. The molecule has 0 spiro atoms. The number of para-hydroxylation sites is 1. The fraction of sp³-hybridized carbons (Fsp3) is 0.588. The fourth-order valence-corrected chi connectivity index (χ4v) is 2.80. The molecule has 1 aromatic rings. The lowest BCUT2D eigenvalue weighted by Crippen LogP contribution is -2.47. The first-order valence-electron chi connectivity index (χ1n) is 8.18. The molecule has 2 N–H and O–H groups in total. The van der Waals surface area contributed by atoms with Crippen molar-refractivity contribution in [2.24, 2.45) is 5.92 Å². The Hall–Kier alpha value is -1.46. The van der Waals surface area contributed by atoms with Crippen LogP contribution in [0, 0.1) is 5.92 Å². The van der Waals surface area contributed by atoms with Gasteiger partial charge in [0, 0.05) is 19.7 Å². The Morgan fingerprint density at radius 2 is 2.13 bits per heavy atom. The van der Waals surface area contributed by atoms with Crippen LogP contribution in [0.4, 0.5) is 4.79 Å². The predicted molar refractivity (Wildman–Crippen MR) is 90.9 cm³/mol. The maximum absolute atomic E-state index is 12.2. The van der Waals surface area contributed by atoms with E-state index in [4.69, 9.17) is 21.4 Å². The largest absolute Gasteiger partial charge is 0.487 e. The van der Waals surface area contributed by atoms with E-state index in [1.165, 1.54) is 0 Å². The lowest BCUT2D eigenvalue weighted by molar-refractivity contribution is 0.133. The van der Waals surface area contributed by atoms with Gasteiger partial charge in [-0.25, -0.2) is 4.79 Å². The minimum atomic E-state index is -0.117. The number of aliphatic hydroxyl groups is 1. The van der Waals surface area contributed by atoms with Gasteiger partial charge in [-0.3, -0.25) is 0 Å². The third-order valence-corrected chi connectivity index (χ3v) is 4.54. The van der Waals surface area contributed by atoms with E-state index in [1.54, 1.807) is 11.0 Å². The highest BCUT2D eigenvalue weighted by Gasteiger charge is 2.22. The number of urea groups is 1. The summed E-state index contributed by atoms with van der Waals surface area (Å²) < 4.78 is 5.87. The van der Waals surface area contributed by atoms with Gasteiger partial charge in [0.05, 0.1) is 11.6 Å². The molecule has 128 valence electrons. The van der Waals surface area contributed by atoms with E-state index in [0.29, 0.717) is 36.3 Å². The van der Waals surface area contributed by atoms with Crippen molar-refractivity contribution in [1.29, 1.82) is 0 Å². The number of carbonyl (C=O) groups excluding carboxylic acids is 1. The number of nitrogens with zero attached hydrogens (tertiary/aromatic N) is 1. The monoisotopic (exact) mass is 340 g/mol. The molecule has 2 rings (SSSR count). The number of piperidine rings is 1. The first-order valence-corrected chi connectivity index (χ1v) is 8.56. The second kappa shape index (κ2) is 8.99. The minimum absolute atomic E-state index is 0.0670. The van der Waals surface area contributed by atoms with E-state index in [0.717, 1.165) is 19.3 Å². The molecule has 0 aliphatic carbocycles. The molecule has 6 heteroatoms. The van der Waals surface area contributed by atoms with Gasteiger partial charge >= 0.3 is 6.03 Å². The van der Waals surface area contributed by atoms with Crippen molar-refractivity contribution in [2.75, 3.05) is 26.2 Å². The molecule has 1 atom stereocenters. The van der Waals surface area contributed by atoms with Gasteiger partial charge in [0.25, 0.3) is 0 Å². The zero-order valence-electron chi connectivity index (χ0n) is 13.5. The fourth-order valence-electron chi connectivity index (χ4n) is 2.62.